The van der Waals surface area contributed by atoms with E-state index in [-0.39, 0.29) is 6.04 Å². The number of hydrogen-bond acceptors (Lipinski definition) is 2. The molecule has 4 nitrogen and oxygen atoms in total. The van der Waals surface area contributed by atoms with Crippen LogP contribution in [0, 0.1) is 0 Å². The van der Waals surface area contributed by atoms with Gasteiger partial charge in [-0.1, -0.05) is 60.7 Å². The van der Waals surface area contributed by atoms with Gasteiger partial charge in [-0.25, -0.2) is 0 Å². The van der Waals surface area contributed by atoms with E-state index >= 15 is 0 Å². The number of nitrogens with one attached hydrogen (secondary N) is 2. The monoisotopic (exact) mass is 324 g/mol. The van der Waals surface area contributed by atoms with E-state index in [2.05, 4.69) is 22.8 Å². The van der Waals surface area contributed by atoms with E-state index < -0.39 is 11.8 Å². The molecule has 0 spiro atoms. The molecule has 2 rings (SSSR count). The highest BCUT2D eigenvalue weighted by molar-refractivity contribution is 6.35. The number of amides is 2. The fourth-order valence-electron chi connectivity index (χ4n) is 2.43. The van der Waals surface area contributed by atoms with Crippen LogP contribution in [0.1, 0.15) is 24.5 Å². The number of hydrogen-bond donors (Lipinski definition) is 2. The van der Waals surface area contributed by atoms with Crippen LogP contribution < -0.4 is 10.6 Å². The summed E-state index contributed by atoms with van der Waals surface area (Å²) in [6.07, 6.45) is 2.38. The molecule has 2 amide bonds. The summed E-state index contributed by atoms with van der Waals surface area (Å²) in [4.78, 5) is 23.7. The van der Waals surface area contributed by atoms with Crippen LogP contribution in [0.4, 0.5) is 0 Å². The predicted molar refractivity (Wildman–Crippen MR) is 95.5 cm³/mol. The van der Waals surface area contributed by atoms with Crippen LogP contribution in [0.3, 0.4) is 0 Å². The lowest BCUT2D eigenvalue weighted by Gasteiger charge is -2.13. The van der Waals surface area contributed by atoms with Gasteiger partial charge in [0.1, 0.15) is 0 Å². The first-order valence-corrected chi connectivity index (χ1v) is 8.31. The molecule has 1 atom stereocenters. The highest BCUT2D eigenvalue weighted by atomic mass is 16.2. The minimum atomic E-state index is -0.572. The van der Waals surface area contributed by atoms with E-state index in [1.54, 1.807) is 0 Å². The molecule has 2 aromatic carbocycles. The Morgan fingerprint density at radius 1 is 0.833 bits per heavy atom. The maximum atomic E-state index is 11.9. The first-order valence-electron chi connectivity index (χ1n) is 8.31. The number of aryl methyl sites for hydroxylation is 1. The zero-order valence-electron chi connectivity index (χ0n) is 14.0. The largest absolute Gasteiger partial charge is 0.348 e. The summed E-state index contributed by atoms with van der Waals surface area (Å²) in [5.41, 5.74) is 2.36. The number of carbonyl (C=O) groups is 2. The van der Waals surface area contributed by atoms with Crippen LogP contribution in [0.5, 0.6) is 0 Å². The van der Waals surface area contributed by atoms with Crippen molar-refractivity contribution in [2.45, 2.75) is 32.2 Å². The molecule has 24 heavy (non-hydrogen) atoms. The number of carbonyl (C=O) groups excluding carboxylic acids is 2. The topological polar surface area (TPSA) is 58.2 Å². The predicted octanol–water partition coefficient (Wildman–Crippen LogP) is 2.48. The lowest BCUT2D eigenvalue weighted by molar-refractivity contribution is -0.139. The third kappa shape index (κ3) is 6.24. The fourth-order valence-corrected chi connectivity index (χ4v) is 2.43. The van der Waals surface area contributed by atoms with Crippen LogP contribution in [0.25, 0.3) is 0 Å². The maximum absolute atomic E-state index is 11.9. The fraction of sp³-hybridized carbons (Fsp3) is 0.300. The summed E-state index contributed by atoms with van der Waals surface area (Å²) in [6, 6.07) is 19.9. The minimum absolute atomic E-state index is 0.0439. The smallest absolute Gasteiger partial charge is 0.309 e. The number of rotatable bonds is 7. The van der Waals surface area contributed by atoms with Gasteiger partial charge in [-0.3, -0.25) is 9.59 Å². The van der Waals surface area contributed by atoms with Gasteiger partial charge in [0, 0.05) is 12.6 Å². The van der Waals surface area contributed by atoms with Crippen LogP contribution in [0.15, 0.2) is 60.7 Å². The van der Waals surface area contributed by atoms with Crippen molar-refractivity contribution >= 4 is 11.8 Å². The summed E-state index contributed by atoms with van der Waals surface area (Å²) in [5.74, 6) is -1.14. The Labute approximate surface area is 143 Å². The van der Waals surface area contributed by atoms with Crippen molar-refractivity contribution in [3.05, 3.63) is 71.8 Å². The van der Waals surface area contributed by atoms with Gasteiger partial charge in [-0.2, -0.15) is 0 Å². The van der Waals surface area contributed by atoms with E-state index in [0.717, 1.165) is 18.4 Å². The molecule has 0 aromatic heterocycles. The lowest BCUT2D eigenvalue weighted by Crippen LogP contribution is -2.44. The van der Waals surface area contributed by atoms with Gasteiger partial charge >= 0.3 is 11.8 Å². The molecule has 0 aliphatic heterocycles. The average molecular weight is 324 g/mol. The molecular weight excluding hydrogens is 300 g/mol. The van der Waals surface area contributed by atoms with Gasteiger partial charge in [-0.05, 0) is 37.3 Å². The normalized spacial score (nSPS) is 11.5. The molecule has 0 unspecified atom stereocenters. The zero-order valence-corrected chi connectivity index (χ0v) is 14.0. The second-order valence-electron chi connectivity index (χ2n) is 5.89. The van der Waals surface area contributed by atoms with Crippen molar-refractivity contribution < 1.29 is 9.59 Å². The van der Waals surface area contributed by atoms with Crippen LogP contribution >= 0.6 is 0 Å². The van der Waals surface area contributed by atoms with E-state index in [4.69, 9.17) is 0 Å². The third-order valence-corrected chi connectivity index (χ3v) is 3.83. The second kappa shape index (κ2) is 9.50. The minimum Gasteiger partial charge on any atom is -0.348 e. The van der Waals surface area contributed by atoms with Crippen LogP contribution in [0.2, 0.25) is 0 Å². The highest BCUT2D eigenvalue weighted by Crippen LogP contribution is 2.04. The molecule has 2 N–H and O–H groups in total. The molecule has 2 aromatic rings. The Morgan fingerprint density at radius 3 is 1.96 bits per heavy atom. The summed E-state index contributed by atoms with van der Waals surface area (Å²) in [7, 11) is 0. The van der Waals surface area contributed by atoms with E-state index in [9.17, 15) is 9.59 Å². The molecule has 126 valence electrons. The molecule has 0 saturated heterocycles. The summed E-state index contributed by atoms with van der Waals surface area (Å²) >= 11 is 0. The van der Waals surface area contributed by atoms with Crippen molar-refractivity contribution in [1.82, 2.24) is 10.6 Å². The van der Waals surface area contributed by atoms with Crippen LogP contribution in [-0.4, -0.2) is 24.4 Å². The molecule has 0 aliphatic carbocycles. The summed E-state index contributed by atoms with van der Waals surface area (Å²) in [5, 5.41) is 5.41. The van der Waals surface area contributed by atoms with Crippen molar-refractivity contribution in [2.24, 2.45) is 0 Å². The maximum Gasteiger partial charge on any atom is 0.309 e. The van der Waals surface area contributed by atoms with Crippen molar-refractivity contribution in [3.63, 3.8) is 0 Å². The molecule has 0 aliphatic rings. The first kappa shape index (κ1) is 17.7. The molecule has 4 heteroatoms. The third-order valence-electron chi connectivity index (χ3n) is 3.83. The Hall–Kier alpha value is -2.62. The average Bonchev–Trinajstić information content (AvgIpc) is 2.61. The Bertz CT molecular complexity index is 641. The van der Waals surface area contributed by atoms with E-state index in [1.807, 2.05) is 55.5 Å². The van der Waals surface area contributed by atoms with Crippen molar-refractivity contribution in [1.29, 1.82) is 0 Å². The van der Waals surface area contributed by atoms with Crippen LogP contribution in [-0.2, 0) is 22.4 Å². The van der Waals surface area contributed by atoms with Gasteiger partial charge in [0.15, 0.2) is 0 Å². The van der Waals surface area contributed by atoms with E-state index in [0.29, 0.717) is 13.0 Å². The SMILES string of the molecule is C[C@@H](CCc1ccccc1)NC(=O)C(=O)NCCc1ccccc1. The summed E-state index contributed by atoms with van der Waals surface area (Å²) in [6.45, 7) is 2.37. The Kier molecular flexibility index (Phi) is 7.02. The summed E-state index contributed by atoms with van der Waals surface area (Å²) < 4.78 is 0. The first-order chi connectivity index (χ1) is 11.6. The van der Waals surface area contributed by atoms with Gasteiger partial charge in [0.05, 0.1) is 0 Å². The molecule has 0 saturated carbocycles. The van der Waals surface area contributed by atoms with Gasteiger partial charge in [0.2, 0.25) is 0 Å². The highest BCUT2D eigenvalue weighted by Gasteiger charge is 2.15. The van der Waals surface area contributed by atoms with E-state index in [1.165, 1.54) is 5.56 Å². The number of benzene rings is 2. The molecule has 0 fully saturated rings. The molecule has 0 bridgehead atoms. The second-order valence-corrected chi connectivity index (χ2v) is 5.89. The van der Waals surface area contributed by atoms with Gasteiger partial charge < -0.3 is 10.6 Å². The standard InChI is InChI=1S/C20H24N2O2/c1-16(12-13-17-8-4-2-5-9-17)22-20(24)19(23)21-15-14-18-10-6-3-7-11-18/h2-11,16H,12-15H2,1H3,(H,21,23)(H,22,24)/t16-/m0/s1. The van der Waals surface area contributed by atoms with Crippen molar-refractivity contribution in [3.8, 4) is 0 Å². The van der Waals surface area contributed by atoms with Gasteiger partial charge in [0.25, 0.3) is 0 Å². The zero-order chi connectivity index (χ0) is 17.2. The molecular formula is C20H24N2O2. The molecule has 0 radical (unpaired) electrons. The van der Waals surface area contributed by atoms with Crippen molar-refractivity contribution in [2.75, 3.05) is 6.54 Å². The quantitative estimate of drug-likeness (QED) is 0.769. The van der Waals surface area contributed by atoms with Gasteiger partial charge in [-0.15, -0.1) is 0 Å². The Balaban J connectivity index is 1.66. The Morgan fingerprint density at radius 2 is 1.38 bits per heavy atom. The lowest BCUT2D eigenvalue weighted by atomic mass is 10.1. The molecule has 0 heterocycles.